The van der Waals surface area contributed by atoms with E-state index >= 15 is 0 Å². The zero-order valence-corrected chi connectivity index (χ0v) is 11.1. The highest BCUT2D eigenvalue weighted by Crippen LogP contribution is 2.31. The Bertz CT molecular complexity index is 588. The summed E-state index contributed by atoms with van der Waals surface area (Å²) in [5.74, 6) is 0.529. The molecule has 1 saturated heterocycles. The molecule has 0 spiro atoms. The van der Waals surface area contributed by atoms with Crippen molar-refractivity contribution in [2.45, 2.75) is 24.9 Å². The summed E-state index contributed by atoms with van der Waals surface area (Å²) < 4.78 is 38.0. The van der Waals surface area contributed by atoms with E-state index in [-0.39, 0.29) is 5.95 Å². The van der Waals surface area contributed by atoms with Crippen molar-refractivity contribution in [1.29, 1.82) is 0 Å². The van der Waals surface area contributed by atoms with Gasteiger partial charge in [0.25, 0.3) is 0 Å². The van der Waals surface area contributed by atoms with E-state index in [0.29, 0.717) is 19.0 Å². The van der Waals surface area contributed by atoms with Gasteiger partial charge in [-0.1, -0.05) is 0 Å². The van der Waals surface area contributed by atoms with Crippen LogP contribution < -0.4 is 4.90 Å². The summed E-state index contributed by atoms with van der Waals surface area (Å²) >= 11 is 0. The number of nitrogens with one attached hydrogen (secondary N) is 1. The molecule has 112 valence electrons. The lowest BCUT2D eigenvalue weighted by Gasteiger charge is -2.31. The number of halogens is 3. The summed E-state index contributed by atoms with van der Waals surface area (Å²) in [6.07, 6.45) is 2.07. The van der Waals surface area contributed by atoms with Crippen molar-refractivity contribution in [1.82, 2.24) is 20.2 Å². The fourth-order valence-electron chi connectivity index (χ4n) is 2.56. The van der Waals surface area contributed by atoms with Crippen LogP contribution in [-0.2, 0) is 6.18 Å². The molecule has 0 radical (unpaired) electrons. The molecule has 0 aliphatic carbocycles. The van der Waals surface area contributed by atoms with E-state index in [1.807, 2.05) is 6.20 Å². The third-order valence-corrected chi connectivity index (χ3v) is 3.70. The molecular formula is C13H14F3N5. The van der Waals surface area contributed by atoms with Gasteiger partial charge in [-0.05, 0) is 30.4 Å². The second-order valence-electron chi connectivity index (χ2n) is 5.03. The first kappa shape index (κ1) is 13.8. The summed E-state index contributed by atoms with van der Waals surface area (Å²) in [6.45, 7) is 1.27. The Hall–Kier alpha value is -2.12. The smallest absolute Gasteiger partial charge is 0.341 e. The van der Waals surface area contributed by atoms with Crippen LogP contribution in [0.1, 0.15) is 30.0 Å². The van der Waals surface area contributed by atoms with Gasteiger partial charge in [-0.2, -0.15) is 18.3 Å². The number of aromatic amines is 1. The monoisotopic (exact) mass is 297 g/mol. The molecule has 1 fully saturated rings. The zero-order valence-electron chi connectivity index (χ0n) is 11.1. The topological polar surface area (TPSA) is 57.7 Å². The van der Waals surface area contributed by atoms with E-state index < -0.39 is 11.9 Å². The van der Waals surface area contributed by atoms with Crippen molar-refractivity contribution >= 4 is 5.95 Å². The van der Waals surface area contributed by atoms with E-state index in [2.05, 4.69) is 20.2 Å². The van der Waals surface area contributed by atoms with E-state index in [1.165, 1.54) is 0 Å². The molecule has 0 atom stereocenters. The molecule has 0 bridgehead atoms. The maximum atomic E-state index is 12.7. The predicted molar refractivity (Wildman–Crippen MR) is 69.8 cm³/mol. The Morgan fingerprint density at radius 3 is 2.62 bits per heavy atom. The van der Waals surface area contributed by atoms with E-state index in [1.54, 1.807) is 11.1 Å². The number of H-pyrrole nitrogens is 1. The van der Waals surface area contributed by atoms with E-state index in [9.17, 15) is 13.2 Å². The van der Waals surface area contributed by atoms with E-state index in [4.69, 9.17) is 0 Å². The minimum atomic E-state index is -4.44. The van der Waals surface area contributed by atoms with Crippen LogP contribution in [0.3, 0.4) is 0 Å². The SMILES string of the molecule is FC(F)(F)c1ccnc(N2CCC(c3cn[nH]c3)CC2)n1. The molecule has 2 aromatic heterocycles. The normalized spacial score (nSPS) is 17.2. The molecule has 0 aromatic carbocycles. The van der Waals surface area contributed by atoms with Crippen molar-refractivity contribution in [3.05, 3.63) is 35.9 Å². The molecule has 3 rings (SSSR count). The summed E-state index contributed by atoms with van der Waals surface area (Å²) in [5.41, 5.74) is 0.240. The zero-order chi connectivity index (χ0) is 14.9. The second kappa shape index (κ2) is 5.34. The van der Waals surface area contributed by atoms with Gasteiger partial charge in [0.1, 0.15) is 5.69 Å². The fourth-order valence-corrected chi connectivity index (χ4v) is 2.56. The molecule has 0 unspecified atom stereocenters. The standard InChI is InChI=1S/C13H14F3N5/c14-13(15,16)11-1-4-17-12(20-11)21-5-2-9(3-6-21)10-7-18-19-8-10/h1,4,7-9H,2-3,5-6H2,(H,18,19). The Balaban J connectivity index is 1.70. The molecule has 1 N–H and O–H groups in total. The van der Waals surface area contributed by atoms with Crippen LogP contribution in [0.25, 0.3) is 0 Å². The van der Waals surface area contributed by atoms with Crippen molar-refractivity contribution in [2.75, 3.05) is 18.0 Å². The minimum absolute atomic E-state index is 0.149. The quantitative estimate of drug-likeness (QED) is 0.925. The summed E-state index contributed by atoms with van der Waals surface area (Å²) in [6, 6.07) is 0.891. The molecule has 8 heteroatoms. The molecule has 3 heterocycles. The maximum Gasteiger partial charge on any atom is 0.433 e. The number of rotatable bonds is 2. The van der Waals surface area contributed by atoms with Gasteiger partial charge >= 0.3 is 6.18 Å². The molecule has 5 nitrogen and oxygen atoms in total. The van der Waals surface area contributed by atoms with Crippen molar-refractivity contribution < 1.29 is 13.2 Å². The van der Waals surface area contributed by atoms with Crippen LogP contribution in [0.2, 0.25) is 0 Å². The first-order valence-electron chi connectivity index (χ1n) is 6.68. The van der Waals surface area contributed by atoms with Gasteiger partial charge in [-0.15, -0.1) is 0 Å². The first-order valence-corrected chi connectivity index (χ1v) is 6.68. The van der Waals surface area contributed by atoms with Gasteiger partial charge in [0.05, 0.1) is 6.20 Å². The van der Waals surface area contributed by atoms with Crippen LogP contribution in [0.5, 0.6) is 0 Å². The molecule has 1 aliphatic heterocycles. The number of hydrogen-bond donors (Lipinski definition) is 1. The van der Waals surface area contributed by atoms with Crippen LogP contribution in [0.15, 0.2) is 24.7 Å². The summed E-state index contributed by atoms with van der Waals surface area (Å²) in [7, 11) is 0. The van der Waals surface area contributed by atoms with Crippen LogP contribution in [-0.4, -0.2) is 33.3 Å². The number of alkyl halides is 3. The fraction of sp³-hybridized carbons (Fsp3) is 0.462. The average Bonchev–Trinajstić information content (AvgIpc) is 3.01. The summed E-state index contributed by atoms with van der Waals surface area (Å²) in [5, 5.41) is 6.71. The van der Waals surface area contributed by atoms with Gasteiger partial charge < -0.3 is 4.90 Å². The minimum Gasteiger partial charge on any atom is -0.341 e. The maximum absolute atomic E-state index is 12.7. The predicted octanol–water partition coefficient (Wildman–Crippen LogP) is 2.60. The van der Waals surface area contributed by atoms with Crippen LogP contribution in [0, 0.1) is 0 Å². The van der Waals surface area contributed by atoms with Crippen LogP contribution in [0.4, 0.5) is 19.1 Å². The number of aromatic nitrogens is 4. The Morgan fingerprint density at radius 1 is 1.24 bits per heavy atom. The van der Waals surface area contributed by atoms with Gasteiger partial charge in [0, 0.05) is 25.5 Å². The molecular weight excluding hydrogens is 283 g/mol. The third kappa shape index (κ3) is 2.98. The first-order chi connectivity index (χ1) is 10.0. The van der Waals surface area contributed by atoms with Crippen molar-refractivity contribution in [3.63, 3.8) is 0 Å². The largest absolute Gasteiger partial charge is 0.433 e. The lowest BCUT2D eigenvalue weighted by molar-refractivity contribution is -0.141. The highest BCUT2D eigenvalue weighted by molar-refractivity contribution is 5.32. The van der Waals surface area contributed by atoms with Gasteiger partial charge in [0.2, 0.25) is 5.95 Å². The van der Waals surface area contributed by atoms with E-state index in [0.717, 1.165) is 30.7 Å². The number of piperidine rings is 1. The highest BCUT2D eigenvalue weighted by atomic mass is 19.4. The Morgan fingerprint density at radius 2 is 2.00 bits per heavy atom. The molecule has 0 saturated carbocycles. The molecule has 0 amide bonds. The molecule has 21 heavy (non-hydrogen) atoms. The number of nitrogens with zero attached hydrogens (tertiary/aromatic N) is 4. The second-order valence-corrected chi connectivity index (χ2v) is 5.03. The van der Waals surface area contributed by atoms with Gasteiger partial charge in [-0.25, -0.2) is 9.97 Å². The molecule has 1 aliphatic rings. The van der Waals surface area contributed by atoms with Crippen molar-refractivity contribution in [3.8, 4) is 0 Å². The highest BCUT2D eigenvalue weighted by Gasteiger charge is 2.33. The van der Waals surface area contributed by atoms with Gasteiger partial charge in [-0.3, -0.25) is 5.10 Å². The lowest BCUT2D eigenvalue weighted by Crippen LogP contribution is -2.34. The Labute approximate surface area is 119 Å². The Kier molecular flexibility index (Phi) is 3.52. The van der Waals surface area contributed by atoms with Gasteiger partial charge in [0.15, 0.2) is 0 Å². The summed E-state index contributed by atoms with van der Waals surface area (Å²) in [4.78, 5) is 9.38. The van der Waals surface area contributed by atoms with Crippen molar-refractivity contribution in [2.24, 2.45) is 0 Å². The average molecular weight is 297 g/mol. The number of hydrogen-bond acceptors (Lipinski definition) is 4. The number of anilines is 1. The third-order valence-electron chi connectivity index (χ3n) is 3.70. The van der Waals surface area contributed by atoms with Crippen LogP contribution >= 0.6 is 0 Å². The molecule has 2 aromatic rings. The lowest BCUT2D eigenvalue weighted by atomic mass is 9.92.